The van der Waals surface area contributed by atoms with Crippen LogP contribution in [0.3, 0.4) is 0 Å². The van der Waals surface area contributed by atoms with E-state index in [2.05, 4.69) is 16.3 Å². The first-order chi connectivity index (χ1) is 16.6. The van der Waals surface area contributed by atoms with Gasteiger partial charge in [0.15, 0.2) is 0 Å². The van der Waals surface area contributed by atoms with Crippen LogP contribution in [0.4, 0.5) is 0 Å². The Morgan fingerprint density at radius 3 is 2.53 bits per heavy atom. The number of para-hydroxylation sites is 1. The lowest BCUT2D eigenvalue weighted by Crippen LogP contribution is -2.43. The van der Waals surface area contributed by atoms with Gasteiger partial charge in [0, 0.05) is 36.6 Å². The summed E-state index contributed by atoms with van der Waals surface area (Å²) in [4.78, 5) is 30.7. The quantitative estimate of drug-likeness (QED) is 0.587. The van der Waals surface area contributed by atoms with Crippen LogP contribution in [0.2, 0.25) is 0 Å². The number of methoxy groups -OCH3 is 1. The van der Waals surface area contributed by atoms with Crippen molar-refractivity contribution in [3.8, 4) is 5.75 Å². The van der Waals surface area contributed by atoms with Crippen LogP contribution in [0.15, 0.2) is 48.5 Å². The molecule has 0 aliphatic carbocycles. The topological polar surface area (TPSA) is 66.8 Å². The molecule has 0 spiro atoms. The summed E-state index contributed by atoms with van der Waals surface area (Å²) in [6, 6.07) is 15.5. The first-order valence-electron chi connectivity index (χ1n) is 12.1. The summed E-state index contributed by atoms with van der Waals surface area (Å²) in [6.07, 6.45) is 3.75. The van der Waals surface area contributed by atoms with Gasteiger partial charge in [-0.25, -0.2) is 0 Å². The van der Waals surface area contributed by atoms with Crippen molar-refractivity contribution < 1.29 is 14.3 Å². The zero-order valence-electron chi connectivity index (χ0n) is 19.9. The minimum atomic E-state index is -0.327. The van der Waals surface area contributed by atoms with Crippen molar-refractivity contribution in [1.82, 2.24) is 19.7 Å². The van der Waals surface area contributed by atoms with Crippen LogP contribution in [0.1, 0.15) is 46.9 Å². The Balaban J connectivity index is 1.41. The fraction of sp³-hybridized carbons (Fsp3) is 0.407. The number of amides is 2. The Kier molecular flexibility index (Phi) is 6.28. The lowest BCUT2D eigenvalue weighted by Gasteiger charge is -2.27. The average molecular weight is 461 g/mol. The Labute approximate surface area is 200 Å². The number of likely N-dealkylation sites (tertiary alicyclic amines) is 1. The average Bonchev–Trinajstić information content (AvgIpc) is 3.32. The molecule has 2 aromatic carbocycles. The fourth-order valence-corrected chi connectivity index (χ4v) is 5.41. The molecule has 2 aliphatic rings. The largest absolute Gasteiger partial charge is 0.497 e. The zero-order chi connectivity index (χ0) is 23.7. The molecule has 1 atom stereocenters. The van der Waals surface area contributed by atoms with Crippen LogP contribution in [-0.4, -0.2) is 66.0 Å². The third-order valence-corrected chi connectivity index (χ3v) is 7.14. The lowest BCUT2D eigenvalue weighted by atomic mass is 9.98. The van der Waals surface area contributed by atoms with Gasteiger partial charge in [-0.1, -0.05) is 36.8 Å². The Morgan fingerprint density at radius 1 is 1.06 bits per heavy atom. The molecule has 2 aliphatic heterocycles. The van der Waals surface area contributed by atoms with E-state index in [9.17, 15) is 9.59 Å². The molecule has 1 fully saturated rings. The maximum atomic E-state index is 13.6. The minimum absolute atomic E-state index is 0.0263. The molecule has 2 amide bonds. The molecule has 1 N–H and O–H groups in total. The van der Waals surface area contributed by atoms with Crippen molar-refractivity contribution in [3.63, 3.8) is 0 Å². The predicted octanol–water partition coefficient (Wildman–Crippen LogP) is 3.33. The Hall–Kier alpha value is -3.32. The normalized spacial score (nSPS) is 18.4. The van der Waals surface area contributed by atoms with Crippen molar-refractivity contribution in [2.24, 2.45) is 7.05 Å². The number of nitrogens with one attached hydrogen (secondary N) is 1. The van der Waals surface area contributed by atoms with Crippen molar-refractivity contribution in [2.45, 2.75) is 25.3 Å². The van der Waals surface area contributed by atoms with Gasteiger partial charge < -0.3 is 24.4 Å². The first-order valence-corrected chi connectivity index (χ1v) is 12.1. The zero-order valence-corrected chi connectivity index (χ0v) is 19.9. The SMILES string of the molecule is COc1ccc([C@H]2c3c(n(C)c4ccccc34)C(=O)N2CC(=O)NCCN2CCCCC2)cc1. The summed E-state index contributed by atoms with van der Waals surface area (Å²) < 4.78 is 7.29. The fourth-order valence-electron chi connectivity index (χ4n) is 5.41. The molecular formula is C27H32N4O3. The number of carbonyl (C=O) groups is 2. The number of ether oxygens (including phenoxy) is 1. The van der Waals surface area contributed by atoms with E-state index in [0.29, 0.717) is 12.2 Å². The molecule has 0 bridgehead atoms. The summed E-state index contributed by atoms with van der Waals surface area (Å²) in [5, 5.41) is 4.08. The summed E-state index contributed by atoms with van der Waals surface area (Å²) in [7, 11) is 3.56. The molecule has 3 aromatic rings. The second-order valence-corrected chi connectivity index (χ2v) is 9.20. The number of piperidine rings is 1. The molecule has 7 heteroatoms. The Bertz CT molecular complexity index is 1190. The van der Waals surface area contributed by atoms with Crippen molar-refractivity contribution >= 4 is 22.7 Å². The highest BCUT2D eigenvalue weighted by Gasteiger charge is 2.42. The molecule has 0 unspecified atom stereocenters. The van der Waals surface area contributed by atoms with Gasteiger partial charge >= 0.3 is 0 Å². The van der Waals surface area contributed by atoms with E-state index in [1.807, 2.05) is 54.1 Å². The van der Waals surface area contributed by atoms with E-state index >= 15 is 0 Å². The van der Waals surface area contributed by atoms with E-state index in [1.165, 1.54) is 19.3 Å². The van der Waals surface area contributed by atoms with Crippen molar-refractivity contribution in [3.05, 3.63) is 65.4 Å². The number of aryl methyl sites for hydroxylation is 1. The molecule has 34 heavy (non-hydrogen) atoms. The summed E-state index contributed by atoms with van der Waals surface area (Å²) in [5.41, 5.74) is 3.60. The lowest BCUT2D eigenvalue weighted by molar-refractivity contribution is -0.122. The van der Waals surface area contributed by atoms with Crippen LogP contribution in [0, 0.1) is 0 Å². The van der Waals surface area contributed by atoms with Gasteiger partial charge in [0.1, 0.15) is 18.0 Å². The number of hydrogen-bond acceptors (Lipinski definition) is 4. The predicted molar refractivity (Wildman–Crippen MR) is 132 cm³/mol. The molecule has 5 rings (SSSR count). The number of hydrogen-bond donors (Lipinski definition) is 1. The van der Waals surface area contributed by atoms with E-state index in [4.69, 9.17) is 4.74 Å². The van der Waals surface area contributed by atoms with Gasteiger partial charge in [-0.3, -0.25) is 9.59 Å². The minimum Gasteiger partial charge on any atom is -0.497 e. The van der Waals surface area contributed by atoms with E-state index in [-0.39, 0.29) is 24.4 Å². The highest BCUT2D eigenvalue weighted by molar-refractivity contribution is 6.07. The third-order valence-electron chi connectivity index (χ3n) is 7.14. The second kappa shape index (κ2) is 9.50. The number of benzene rings is 2. The van der Waals surface area contributed by atoms with Crippen molar-refractivity contribution in [1.29, 1.82) is 0 Å². The summed E-state index contributed by atoms with van der Waals surface area (Å²) in [6.45, 7) is 3.68. The van der Waals surface area contributed by atoms with Gasteiger partial charge in [-0.15, -0.1) is 0 Å². The number of fused-ring (bicyclic) bond motifs is 3. The van der Waals surface area contributed by atoms with Crippen LogP contribution < -0.4 is 10.1 Å². The van der Waals surface area contributed by atoms with E-state index in [1.54, 1.807) is 12.0 Å². The second-order valence-electron chi connectivity index (χ2n) is 9.20. The maximum Gasteiger partial charge on any atom is 0.272 e. The standard InChI is InChI=1S/C27H32N4O3/c1-29-22-9-5-4-8-21(22)24-25(19-10-12-20(34-2)13-11-19)31(27(33)26(24)29)18-23(32)28-14-17-30-15-6-3-7-16-30/h4-5,8-13,25H,3,6-7,14-18H2,1-2H3,(H,28,32)/t25-/m0/s1. The van der Waals surface area contributed by atoms with E-state index in [0.717, 1.165) is 47.4 Å². The highest BCUT2D eigenvalue weighted by Crippen LogP contribution is 2.43. The van der Waals surface area contributed by atoms with Gasteiger partial charge in [0.2, 0.25) is 5.91 Å². The highest BCUT2D eigenvalue weighted by atomic mass is 16.5. The third kappa shape index (κ3) is 4.05. The molecule has 0 radical (unpaired) electrons. The molecule has 1 aromatic heterocycles. The number of carbonyl (C=O) groups excluding carboxylic acids is 2. The monoisotopic (exact) mass is 460 g/mol. The molecule has 3 heterocycles. The summed E-state index contributed by atoms with van der Waals surface area (Å²) >= 11 is 0. The van der Waals surface area contributed by atoms with Gasteiger partial charge in [0.25, 0.3) is 5.91 Å². The molecular weight excluding hydrogens is 428 g/mol. The van der Waals surface area contributed by atoms with Crippen molar-refractivity contribution in [2.75, 3.05) is 39.8 Å². The smallest absolute Gasteiger partial charge is 0.272 e. The van der Waals surface area contributed by atoms with Gasteiger partial charge in [-0.05, 0) is 49.7 Å². The first kappa shape index (κ1) is 22.5. The molecule has 178 valence electrons. The van der Waals surface area contributed by atoms with Gasteiger partial charge in [-0.2, -0.15) is 0 Å². The Morgan fingerprint density at radius 2 is 1.79 bits per heavy atom. The summed E-state index contributed by atoms with van der Waals surface area (Å²) in [5.74, 6) is 0.523. The maximum absolute atomic E-state index is 13.6. The van der Waals surface area contributed by atoms with Crippen LogP contribution in [-0.2, 0) is 11.8 Å². The van der Waals surface area contributed by atoms with E-state index < -0.39 is 0 Å². The van der Waals surface area contributed by atoms with Crippen LogP contribution in [0.5, 0.6) is 5.75 Å². The number of aromatic nitrogens is 1. The molecule has 0 saturated carbocycles. The van der Waals surface area contributed by atoms with Gasteiger partial charge in [0.05, 0.1) is 13.2 Å². The number of rotatable bonds is 7. The van der Waals surface area contributed by atoms with Crippen LogP contribution in [0.25, 0.3) is 10.9 Å². The molecule has 7 nitrogen and oxygen atoms in total. The van der Waals surface area contributed by atoms with Crippen LogP contribution >= 0.6 is 0 Å². The number of nitrogens with zero attached hydrogens (tertiary/aromatic N) is 3. The molecule has 1 saturated heterocycles.